The average Bonchev–Trinajstić information content (AvgIpc) is 2.76. The molecule has 0 unspecified atom stereocenters. The monoisotopic (exact) mass is 448 g/mol. The van der Waals surface area contributed by atoms with Crippen LogP contribution in [-0.2, 0) is 14.9 Å². The Kier molecular flexibility index (Phi) is 8.55. The van der Waals surface area contributed by atoms with Gasteiger partial charge in [-0.15, -0.1) is 0 Å². The minimum Gasteiger partial charge on any atom is -0.385 e. The Labute approximate surface area is 183 Å². The van der Waals surface area contributed by atoms with E-state index in [1.54, 1.807) is 43.5 Å². The summed E-state index contributed by atoms with van der Waals surface area (Å²) in [6.45, 7) is 0.999. The summed E-state index contributed by atoms with van der Waals surface area (Å²) in [5, 5.41) is 5.54. The molecule has 0 spiro atoms. The topological polar surface area (TPSA) is 108 Å². The smallest absolute Gasteiger partial charge is 0.303 e. The van der Waals surface area contributed by atoms with E-state index in [1.807, 2.05) is 0 Å². The van der Waals surface area contributed by atoms with Crippen LogP contribution in [0.25, 0.3) is 0 Å². The van der Waals surface area contributed by atoms with E-state index in [0.717, 1.165) is 8.61 Å². The lowest BCUT2D eigenvalue weighted by Gasteiger charge is -2.23. The van der Waals surface area contributed by atoms with Gasteiger partial charge in [-0.05, 0) is 42.8 Å². The van der Waals surface area contributed by atoms with Gasteiger partial charge in [-0.2, -0.15) is 12.7 Å². The van der Waals surface area contributed by atoms with Crippen LogP contribution in [-0.4, -0.2) is 65.9 Å². The summed E-state index contributed by atoms with van der Waals surface area (Å²) >= 11 is 0. The molecule has 0 saturated heterocycles. The van der Waals surface area contributed by atoms with Crippen LogP contribution >= 0.6 is 0 Å². The van der Waals surface area contributed by atoms with E-state index in [9.17, 15) is 18.0 Å². The second-order valence-electron chi connectivity index (χ2n) is 6.91. The molecule has 0 heterocycles. The molecule has 0 aromatic heterocycles. The van der Waals surface area contributed by atoms with Gasteiger partial charge in [0.05, 0.1) is 16.9 Å². The number of benzene rings is 2. The van der Waals surface area contributed by atoms with Crippen molar-refractivity contribution in [3.05, 3.63) is 59.7 Å². The SMILES string of the molecule is COCCCNC(=O)c1ccccc1NC(=O)c1ccc(N(C)S(=O)(=O)N(C)C)cc1. The van der Waals surface area contributed by atoms with Gasteiger partial charge in [0.2, 0.25) is 0 Å². The zero-order valence-electron chi connectivity index (χ0n) is 18.1. The minimum atomic E-state index is -3.62. The van der Waals surface area contributed by atoms with E-state index in [1.165, 1.54) is 33.3 Å². The Hall–Kier alpha value is -2.95. The number of nitrogens with one attached hydrogen (secondary N) is 2. The van der Waals surface area contributed by atoms with Crippen molar-refractivity contribution >= 4 is 33.4 Å². The van der Waals surface area contributed by atoms with E-state index in [2.05, 4.69) is 10.6 Å². The maximum absolute atomic E-state index is 12.7. The Morgan fingerprint density at radius 1 is 0.968 bits per heavy atom. The summed E-state index contributed by atoms with van der Waals surface area (Å²) in [6, 6.07) is 12.9. The van der Waals surface area contributed by atoms with Gasteiger partial charge in [-0.25, -0.2) is 0 Å². The maximum Gasteiger partial charge on any atom is 0.303 e. The summed E-state index contributed by atoms with van der Waals surface area (Å²) in [7, 11) is 2.29. The van der Waals surface area contributed by atoms with E-state index >= 15 is 0 Å². The molecule has 31 heavy (non-hydrogen) atoms. The molecule has 10 heteroatoms. The highest BCUT2D eigenvalue weighted by atomic mass is 32.2. The van der Waals surface area contributed by atoms with Crippen LogP contribution in [0, 0.1) is 0 Å². The zero-order valence-corrected chi connectivity index (χ0v) is 18.9. The first-order valence-electron chi connectivity index (χ1n) is 9.62. The number of amides is 2. The second-order valence-corrected chi connectivity index (χ2v) is 9.08. The molecule has 0 aliphatic rings. The van der Waals surface area contributed by atoms with Crippen molar-refractivity contribution in [2.45, 2.75) is 6.42 Å². The maximum atomic E-state index is 12.7. The summed E-state index contributed by atoms with van der Waals surface area (Å²) in [4.78, 5) is 25.1. The van der Waals surface area contributed by atoms with Crippen molar-refractivity contribution in [2.75, 3.05) is 51.0 Å². The summed E-state index contributed by atoms with van der Waals surface area (Å²) in [5.41, 5.74) is 1.48. The van der Waals surface area contributed by atoms with Crippen molar-refractivity contribution in [3.63, 3.8) is 0 Å². The van der Waals surface area contributed by atoms with E-state index in [-0.39, 0.29) is 5.91 Å². The molecule has 2 N–H and O–H groups in total. The lowest BCUT2D eigenvalue weighted by molar-refractivity contribution is 0.0949. The molecule has 2 rings (SSSR count). The number of nitrogens with zero attached hydrogens (tertiary/aromatic N) is 2. The van der Waals surface area contributed by atoms with Gasteiger partial charge >= 0.3 is 10.2 Å². The van der Waals surface area contributed by atoms with E-state index in [4.69, 9.17) is 4.74 Å². The normalized spacial score (nSPS) is 11.3. The standard InChI is InChI=1S/C21H28N4O5S/c1-24(2)31(28,29)25(3)17-12-10-16(11-13-17)20(26)23-19-9-6-5-8-18(19)21(27)22-14-7-15-30-4/h5-6,8-13H,7,14-15H2,1-4H3,(H,22,27)(H,23,26). The second kappa shape index (κ2) is 10.9. The number of carbonyl (C=O) groups is 2. The minimum absolute atomic E-state index is 0.294. The van der Waals surface area contributed by atoms with Crippen LogP contribution in [0.5, 0.6) is 0 Å². The van der Waals surface area contributed by atoms with Crippen LogP contribution in [0.15, 0.2) is 48.5 Å². The molecule has 0 fully saturated rings. The van der Waals surface area contributed by atoms with Gasteiger partial charge < -0.3 is 15.4 Å². The fraction of sp³-hybridized carbons (Fsp3) is 0.333. The summed E-state index contributed by atoms with van der Waals surface area (Å²) in [5.74, 6) is -0.706. The largest absolute Gasteiger partial charge is 0.385 e. The number of para-hydroxylation sites is 1. The number of hydrogen-bond donors (Lipinski definition) is 2. The van der Waals surface area contributed by atoms with Crippen molar-refractivity contribution in [2.24, 2.45) is 0 Å². The van der Waals surface area contributed by atoms with Crippen LogP contribution in [0.4, 0.5) is 11.4 Å². The van der Waals surface area contributed by atoms with Crippen molar-refractivity contribution in [3.8, 4) is 0 Å². The van der Waals surface area contributed by atoms with Crippen molar-refractivity contribution in [1.29, 1.82) is 0 Å². The van der Waals surface area contributed by atoms with Gasteiger partial charge in [0.1, 0.15) is 0 Å². The molecule has 0 aliphatic carbocycles. The van der Waals surface area contributed by atoms with Crippen molar-refractivity contribution < 1.29 is 22.7 Å². The van der Waals surface area contributed by atoms with Crippen LogP contribution < -0.4 is 14.9 Å². The number of methoxy groups -OCH3 is 1. The predicted octanol–water partition coefficient (Wildman–Crippen LogP) is 1.95. The van der Waals surface area contributed by atoms with E-state index in [0.29, 0.717) is 42.1 Å². The molecular formula is C21H28N4O5S. The number of ether oxygens (including phenoxy) is 1. The number of hydrogen-bond acceptors (Lipinski definition) is 5. The first kappa shape index (κ1) is 24.3. The summed E-state index contributed by atoms with van der Waals surface area (Å²) < 4.78 is 31.6. The van der Waals surface area contributed by atoms with Crippen LogP contribution in [0.3, 0.4) is 0 Å². The highest BCUT2D eigenvalue weighted by molar-refractivity contribution is 7.90. The summed E-state index contributed by atoms with van der Waals surface area (Å²) in [6.07, 6.45) is 0.682. The molecule has 168 valence electrons. The van der Waals surface area contributed by atoms with Gasteiger partial charge in [0.25, 0.3) is 11.8 Å². The highest BCUT2D eigenvalue weighted by Crippen LogP contribution is 2.20. The third-order valence-corrected chi connectivity index (χ3v) is 6.36. The third kappa shape index (κ3) is 6.27. The first-order valence-corrected chi connectivity index (χ1v) is 11.0. The van der Waals surface area contributed by atoms with Crippen LogP contribution in [0.2, 0.25) is 0 Å². The van der Waals surface area contributed by atoms with E-state index < -0.39 is 16.1 Å². The predicted molar refractivity (Wildman–Crippen MR) is 121 cm³/mol. The quantitative estimate of drug-likeness (QED) is 0.540. The van der Waals surface area contributed by atoms with Crippen molar-refractivity contribution in [1.82, 2.24) is 9.62 Å². The number of rotatable bonds is 10. The van der Waals surface area contributed by atoms with Gasteiger partial charge in [0, 0.05) is 47.0 Å². The molecule has 9 nitrogen and oxygen atoms in total. The fourth-order valence-corrected chi connectivity index (χ4v) is 3.58. The molecule has 0 saturated carbocycles. The third-order valence-electron chi connectivity index (χ3n) is 4.53. The Balaban J connectivity index is 2.11. The molecule has 0 bridgehead atoms. The van der Waals surface area contributed by atoms with Gasteiger partial charge in [-0.3, -0.25) is 13.9 Å². The number of anilines is 2. The zero-order chi connectivity index (χ0) is 23.0. The molecule has 0 radical (unpaired) electrons. The Morgan fingerprint density at radius 3 is 2.23 bits per heavy atom. The highest BCUT2D eigenvalue weighted by Gasteiger charge is 2.21. The molecular weight excluding hydrogens is 420 g/mol. The lowest BCUT2D eigenvalue weighted by Crippen LogP contribution is -2.37. The average molecular weight is 449 g/mol. The fourth-order valence-electron chi connectivity index (χ4n) is 2.70. The molecule has 0 atom stereocenters. The molecule has 2 aromatic carbocycles. The van der Waals surface area contributed by atoms with Crippen LogP contribution in [0.1, 0.15) is 27.1 Å². The first-order chi connectivity index (χ1) is 14.7. The Bertz CT molecular complexity index is 1010. The molecule has 0 aliphatic heterocycles. The molecule has 2 amide bonds. The molecule has 2 aromatic rings. The lowest BCUT2D eigenvalue weighted by atomic mass is 10.1. The van der Waals surface area contributed by atoms with Gasteiger partial charge in [0.15, 0.2) is 0 Å². The number of carbonyl (C=O) groups excluding carboxylic acids is 2. The Morgan fingerprint density at radius 2 is 1.61 bits per heavy atom. The van der Waals surface area contributed by atoms with Gasteiger partial charge in [-0.1, -0.05) is 12.1 Å².